The second-order valence-corrected chi connectivity index (χ2v) is 7.61. The van der Waals surface area contributed by atoms with Crippen molar-refractivity contribution in [2.75, 3.05) is 0 Å². The molecule has 4 nitrogen and oxygen atoms in total. The molecule has 0 fully saturated rings. The van der Waals surface area contributed by atoms with Crippen LogP contribution < -0.4 is 5.32 Å². The van der Waals surface area contributed by atoms with E-state index < -0.39 is 6.04 Å². The minimum Gasteiger partial charge on any atom is -0.352 e. The van der Waals surface area contributed by atoms with Gasteiger partial charge < -0.3 is 10.2 Å². The van der Waals surface area contributed by atoms with Crippen molar-refractivity contribution in [2.45, 2.75) is 66.1 Å². The Hall–Kier alpha value is -2.62. The van der Waals surface area contributed by atoms with Crippen molar-refractivity contribution in [2.24, 2.45) is 0 Å². The smallest absolute Gasteiger partial charge is 0.242 e. The SMILES string of the molecule is CC[C@@H](C)NC(=O)[C@@H](C)N(Cc1ccccc1C)C(=O)Cc1cccc(C)c1. The zero-order valence-electron chi connectivity index (χ0n) is 17.7. The summed E-state index contributed by atoms with van der Waals surface area (Å²) in [6.45, 7) is 10.3. The summed E-state index contributed by atoms with van der Waals surface area (Å²) in [5, 5.41) is 3.01. The van der Waals surface area contributed by atoms with Crippen LogP contribution in [0.5, 0.6) is 0 Å². The summed E-state index contributed by atoms with van der Waals surface area (Å²) in [7, 11) is 0. The van der Waals surface area contributed by atoms with Crippen LogP contribution in [0.1, 0.15) is 49.4 Å². The quantitative estimate of drug-likeness (QED) is 0.747. The van der Waals surface area contributed by atoms with E-state index in [-0.39, 0.29) is 24.3 Å². The lowest BCUT2D eigenvalue weighted by Crippen LogP contribution is -2.50. The highest BCUT2D eigenvalue weighted by molar-refractivity contribution is 5.88. The van der Waals surface area contributed by atoms with E-state index in [0.29, 0.717) is 6.54 Å². The number of nitrogens with one attached hydrogen (secondary N) is 1. The first-order chi connectivity index (χ1) is 13.3. The van der Waals surface area contributed by atoms with Gasteiger partial charge in [0, 0.05) is 12.6 Å². The van der Waals surface area contributed by atoms with Crippen molar-refractivity contribution in [1.29, 1.82) is 0 Å². The maximum absolute atomic E-state index is 13.2. The van der Waals surface area contributed by atoms with Crippen LogP contribution >= 0.6 is 0 Å². The summed E-state index contributed by atoms with van der Waals surface area (Å²) in [5.41, 5.74) is 4.27. The Morgan fingerprint density at radius 2 is 1.75 bits per heavy atom. The van der Waals surface area contributed by atoms with Crippen LogP contribution in [0.2, 0.25) is 0 Å². The number of hydrogen-bond donors (Lipinski definition) is 1. The lowest BCUT2D eigenvalue weighted by atomic mass is 10.0. The standard InChI is InChI=1S/C24H32N2O2/c1-6-19(4)25-24(28)20(5)26(16-22-13-8-7-11-18(22)3)23(27)15-21-12-9-10-17(2)14-21/h7-14,19-20H,6,15-16H2,1-5H3,(H,25,28)/t19-,20-/m1/s1. The maximum atomic E-state index is 13.2. The normalized spacial score (nSPS) is 12.9. The van der Waals surface area contributed by atoms with Crippen molar-refractivity contribution < 1.29 is 9.59 Å². The molecule has 2 rings (SSSR count). The van der Waals surface area contributed by atoms with Crippen molar-refractivity contribution in [3.8, 4) is 0 Å². The number of carbonyl (C=O) groups is 2. The fourth-order valence-corrected chi connectivity index (χ4v) is 3.12. The van der Waals surface area contributed by atoms with Crippen LogP contribution in [0, 0.1) is 13.8 Å². The first-order valence-corrected chi connectivity index (χ1v) is 10.0. The molecular weight excluding hydrogens is 348 g/mol. The molecule has 0 saturated carbocycles. The van der Waals surface area contributed by atoms with E-state index in [9.17, 15) is 9.59 Å². The Morgan fingerprint density at radius 1 is 1.04 bits per heavy atom. The van der Waals surface area contributed by atoms with Crippen LogP contribution in [-0.2, 0) is 22.6 Å². The Bertz CT molecular complexity index is 816. The number of amides is 2. The van der Waals surface area contributed by atoms with E-state index in [4.69, 9.17) is 0 Å². The first kappa shape index (κ1) is 21.7. The molecule has 4 heteroatoms. The van der Waals surface area contributed by atoms with Crippen molar-refractivity contribution in [3.05, 3.63) is 70.8 Å². The highest BCUT2D eigenvalue weighted by Crippen LogP contribution is 2.16. The maximum Gasteiger partial charge on any atom is 0.242 e. The largest absolute Gasteiger partial charge is 0.352 e. The molecule has 0 unspecified atom stereocenters. The summed E-state index contributed by atoms with van der Waals surface area (Å²) >= 11 is 0. The Kier molecular flexibility index (Phi) is 7.80. The average molecular weight is 381 g/mol. The van der Waals surface area contributed by atoms with Crippen molar-refractivity contribution in [1.82, 2.24) is 10.2 Å². The minimum absolute atomic E-state index is 0.0411. The Morgan fingerprint density at radius 3 is 2.39 bits per heavy atom. The number of hydrogen-bond acceptors (Lipinski definition) is 2. The molecule has 0 spiro atoms. The number of nitrogens with zero attached hydrogens (tertiary/aromatic N) is 1. The molecule has 0 aliphatic heterocycles. The highest BCUT2D eigenvalue weighted by atomic mass is 16.2. The van der Waals surface area contributed by atoms with Gasteiger partial charge in [-0.1, -0.05) is 61.0 Å². The van der Waals surface area contributed by atoms with E-state index in [1.807, 2.05) is 83.1 Å². The Labute approximate surface area is 169 Å². The average Bonchev–Trinajstić information content (AvgIpc) is 2.66. The van der Waals surface area contributed by atoms with Gasteiger partial charge in [0.1, 0.15) is 6.04 Å². The molecule has 0 heterocycles. The molecular formula is C24H32N2O2. The summed E-state index contributed by atoms with van der Waals surface area (Å²) < 4.78 is 0. The van der Waals surface area contributed by atoms with Gasteiger partial charge in [-0.05, 0) is 50.8 Å². The van der Waals surface area contributed by atoms with Gasteiger partial charge in [0.25, 0.3) is 0 Å². The monoisotopic (exact) mass is 380 g/mol. The van der Waals surface area contributed by atoms with Crippen LogP contribution in [0.4, 0.5) is 0 Å². The van der Waals surface area contributed by atoms with Gasteiger partial charge in [-0.2, -0.15) is 0 Å². The fourth-order valence-electron chi connectivity index (χ4n) is 3.12. The second kappa shape index (κ2) is 10.1. The van der Waals surface area contributed by atoms with Gasteiger partial charge in [-0.15, -0.1) is 0 Å². The zero-order valence-corrected chi connectivity index (χ0v) is 17.7. The molecule has 0 saturated heterocycles. The minimum atomic E-state index is -0.536. The number of aryl methyl sites for hydroxylation is 2. The van der Waals surface area contributed by atoms with E-state index in [0.717, 1.165) is 28.7 Å². The van der Waals surface area contributed by atoms with Gasteiger partial charge in [-0.25, -0.2) is 0 Å². The lowest BCUT2D eigenvalue weighted by Gasteiger charge is -2.30. The molecule has 1 N–H and O–H groups in total. The third kappa shape index (κ3) is 5.95. The molecule has 0 aromatic heterocycles. The van der Waals surface area contributed by atoms with Gasteiger partial charge in [0.15, 0.2) is 0 Å². The molecule has 150 valence electrons. The summed E-state index contributed by atoms with van der Waals surface area (Å²) in [5.74, 6) is -0.152. The van der Waals surface area contributed by atoms with Crippen LogP contribution in [0.25, 0.3) is 0 Å². The third-order valence-corrected chi connectivity index (χ3v) is 5.21. The molecule has 0 bridgehead atoms. The molecule has 2 aromatic carbocycles. The molecule has 0 aliphatic rings. The molecule has 2 amide bonds. The van der Waals surface area contributed by atoms with E-state index in [1.54, 1.807) is 4.90 Å². The summed E-state index contributed by atoms with van der Waals surface area (Å²) in [6, 6.07) is 15.5. The first-order valence-electron chi connectivity index (χ1n) is 10.0. The van der Waals surface area contributed by atoms with E-state index >= 15 is 0 Å². The lowest BCUT2D eigenvalue weighted by molar-refractivity contribution is -0.140. The van der Waals surface area contributed by atoms with Gasteiger partial charge >= 0.3 is 0 Å². The molecule has 0 radical (unpaired) electrons. The second-order valence-electron chi connectivity index (χ2n) is 7.61. The van der Waals surface area contributed by atoms with Crippen LogP contribution in [0.3, 0.4) is 0 Å². The van der Waals surface area contributed by atoms with Gasteiger partial charge in [0.05, 0.1) is 6.42 Å². The predicted molar refractivity (Wildman–Crippen MR) is 114 cm³/mol. The van der Waals surface area contributed by atoms with Crippen LogP contribution in [-0.4, -0.2) is 28.8 Å². The van der Waals surface area contributed by atoms with E-state index in [1.165, 1.54) is 0 Å². The molecule has 2 atom stereocenters. The van der Waals surface area contributed by atoms with Gasteiger partial charge in [-0.3, -0.25) is 9.59 Å². The Balaban J connectivity index is 2.25. The molecule has 28 heavy (non-hydrogen) atoms. The number of carbonyl (C=O) groups excluding carboxylic acids is 2. The van der Waals surface area contributed by atoms with Crippen LogP contribution in [0.15, 0.2) is 48.5 Å². The predicted octanol–water partition coefficient (Wildman–Crippen LogP) is 4.18. The summed E-state index contributed by atoms with van der Waals surface area (Å²) in [6.07, 6.45) is 1.14. The van der Waals surface area contributed by atoms with E-state index in [2.05, 4.69) is 5.32 Å². The molecule has 0 aliphatic carbocycles. The summed E-state index contributed by atoms with van der Waals surface area (Å²) in [4.78, 5) is 27.6. The highest BCUT2D eigenvalue weighted by Gasteiger charge is 2.27. The zero-order chi connectivity index (χ0) is 20.7. The van der Waals surface area contributed by atoms with Crippen molar-refractivity contribution in [3.63, 3.8) is 0 Å². The topological polar surface area (TPSA) is 49.4 Å². The fraction of sp³-hybridized carbons (Fsp3) is 0.417. The number of benzene rings is 2. The third-order valence-electron chi connectivity index (χ3n) is 5.21. The van der Waals surface area contributed by atoms with Gasteiger partial charge in [0.2, 0.25) is 11.8 Å². The molecule has 2 aromatic rings. The number of rotatable bonds is 8. The van der Waals surface area contributed by atoms with Crippen molar-refractivity contribution >= 4 is 11.8 Å².